The predicted molar refractivity (Wildman–Crippen MR) is 51.6 cm³/mol. The maximum Gasteiger partial charge on any atom is 0.241 e. The number of pyridine rings is 1. The van der Waals surface area contributed by atoms with Gasteiger partial charge in [-0.15, -0.1) is 0 Å². The first-order chi connectivity index (χ1) is 6.09. The molecule has 0 saturated carbocycles. The molecule has 0 radical (unpaired) electrons. The molecule has 4 N–H and O–H groups in total. The van der Waals surface area contributed by atoms with E-state index in [-0.39, 0.29) is 0 Å². The van der Waals surface area contributed by atoms with Crippen molar-refractivity contribution in [3.8, 4) is 0 Å². The topological polar surface area (TPSA) is 82.0 Å². The van der Waals surface area contributed by atoms with E-state index in [1.54, 1.807) is 12.3 Å². The van der Waals surface area contributed by atoms with Crippen molar-refractivity contribution in [3.63, 3.8) is 0 Å². The second-order valence-corrected chi connectivity index (χ2v) is 2.72. The summed E-state index contributed by atoms with van der Waals surface area (Å²) < 4.78 is 0. The Kier molecular flexibility index (Phi) is 2.64. The van der Waals surface area contributed by atoms with Gasteiger partial charge in [0, 0.05) is 12.3 Å². The fourth-order valence-electron chi connectivity index (χ4n) is 0.903. The fourth-order valence-corrected chi connectivity index (χ4v) is 0.903. The van der Waals surface area contributed by atoms with Crippen LogP contribution in [-0.4, -0.2) is 10.9 Å². The minimum atomic E-state index is -0.512. The number of nitrogens with two attached hydrogens (primary N) is 2. The molecule has 0 bridgehead atoms. The Hall–Kier alpha value is -1.84. The normalized spacial score (nSPS) is 10.5. The molecule has 68 valence electrons. The van der Waals surface area contributed by atoms with Crippen LogP contribution in [0.2, 0.25) is 0 Å². The number of carbonyl (C=O) groups excluding carboxylic acids is 1. The third kappa shape index (κ3) is 2.59. The zero-order chi connectivity index (χ0) is 9.84. The maximum absolute atomic E-state index is 10.4. The van der Waals surface area contributed by atoms with Gasteiger partial charge in [0.2, 0.25) is 5.91 Å². The SMILES string of the molecule is Cc1cnc(C=CC(N)=O)c(N)c1. The first-order valence-corrected chi connectivity index (χ1v) is 3.79. The van der Waals surface area contributed by atoms with E-state index < -0.39 is 5.91 Å². The molecule has 0 aromatic carbocycles. The fraction of sp³-hybridized carbons (Fsp3) is 0.111. The molecule has 0 aliphatic rings. The Morgan fingerprint density at radius 2 is 2.31 bits per heavy atom. The van der Waals surface area contributed by atoms with Gasteiger partial charge in [0.15, 0.2) is 0 Å². The van der Waals surface area contributed by atoms with Crippen LogP contribution in [0.15, 0.2) is 18.3 Å². The summed E-state index contributed by atoms with van der Waals surface area (Å²) in [4.78, 5) is 14.4. The summed E-state index contributed by atoms with van der Waals surface area (Å²) >= 11 is 0. The number of hydrogen-bond donors (Lipinski definition) is 2. The van der Waals surface area contributed by atoms with Crippen molar-refractivity contribution in [2.75, 3.05) is 5.73 Å². The smallest absolute Gasteiger partial charge is 0.241 e. The van der Waals surface area contributed by atoms with E-state index in [0.29, 0.717) is 11.4 Å². The lowest BCUT2D eigenvalue weighted by Crippen LogP contribution is -2.05. The molecule has 0 aliphatic carbocycles. The molecule has 0 unspecified atom stereocenters. The molecule has 4 heteroatoms. The third-order valence-electron chi connectivity index (χ3n) is 1.49. The molecule has 1 rings (SSSR count). The predicted octanol–water partition coefficient (Wildman–Crippen LogP) is 0.471. The summed E-state index contributed by atoms with van der Waals surface area (Å²) in [7, 11) is 0. The van der Waals surface area contributed by atoms with Crippen LogP contribution >= 0.6 is 0 Å². The monoisotopic (exact) mass is 177 g/mol. The molecule has 0 fully saturated rings. The number of anilines is 1. The Balaban J connectivity index is 2.96. The van der Waals surface area contributed by atoms with Crippen LogP contribution in [0.25, 0.3) is 6.08 Å². The van der Waals surface area contributed by atoms with E-state index in [1.807, 2.05) is 6.92 Å². The second-order valence-electron chi connectivity index (χ2n) is 2.72. The number of amides is 1. The highest BCUT2D eigenvalue weighted by Crippen LogP contribution is 2.11. The van der Waals surface area contributed by atoms with Crippen molar-refractivity contribution in [3.05, 3.63) is 29.6 Å². The van der Waals surface area contributed by atoms with E-state index >= 15 is 0 Å². The van der Waals surface area contributed by atoms with Gasteiger partial charge in [-0.3, -0.25) is 9.78 Å². The molecular formula is C9H11N3O. The summed E-state index contributed by atoms with van der Waals surface area (Å²) in [5, 5.41) is 0. The Morgan fingerprint density at radius 3 is 2.85 bits per heavy atom. The first kappa shape index (κ1) is 9.25. The first-order valence-electron chi connectivity index (χ1n) is 3.79. The lowest BCUT2D eigenvalue weighted by atomic mass is 10.2. The number of nitrogen functional groups attached to an aromatic ring is 1. The summed E-state index contributed by atoms with van der Waals surface area (Å²) in [6.07, 6.45) is 4.40. The number of primary amides is 1. The van der Waals surface area contributed by atoms with Gasteiger partial charge in [-0.05, 0) is 24.6 Å². The molecule has 0 atom stereocenters. The number of aromatic nitrogens is 1. The minimum absolute atomic E-state index is 0.512. The van der Waals surface area contributed by atoms with Crippen molar-refractivity contribution in [1.29, 1.82) is 0 Å². The van der Waals surface area contributed by atoms with Crippen LogP contribution in [0, 0.1) is 6.92 Å². The highest BCUT2D eigenvalue weighted by Gasteiger charge is 1.96. The Bertz CT molecular complexity index is 358. The van der Waals surface area contributed by atoms with Crippen LogP contribution in [-0.2, 0) is 4.79 Å². The number of nitrogens with zero attached hydrogens (tertiary/aromatic N) is 1. The molecule has 4 nitrogen and oxygen atoms in total. The summed E-state index contributed by atoms with van der Waals surface area (Å²) in [6.45, 7) is 1.89. The molecule has 0 spiro atoms. The van der Waals surface area contributed by atoms with Crippen LogP contribution in [0.4, 0.5) is 5.69 Å². The van der Waals surface area contributed by atoms with Gasteiger partial charge in [-0.25, -0.2) is 0 Å². The van der Waals surface area contributed by atoms with E-state index in [4.69, 9.17) is 11.5 Å². The van der Waals surface area contributed by atoms with Crippen molar-refractivity contribution in [2.45, 2.75) is 6.92 Å². The average molecular weight is 177 g/mol. The number of carbonyl (C=O) groups is 1. The van der Waals surface area contributed by atoms with Gasteiger partial charge in [0.25, 0.3) is 0 Å². The summed E-state index contributed by atoms with van der Waals surface area (Å²) in [6, 6.07) is 1.79. The van der Waals surface area contributed by atoms with Crippen LogP contribution < -0.4 is 11.5 Å². The molecular weight excluding hydrogens is 166 g/mol. The summed E-state index contributed by atoms with van der Waals surface area (Å²) in [5.74, 6) is -0.512. The average Bonchev–Trinajstić information content (AvgIpc) is 2.02. The van der Waals surface area contributed by atoms with Crippen molar-refractivity contribution < 1.29 is 4.79 Å². The highest BCUT2D eigenvalue weighted by molar-refractivity contribution is 5.90. The zero-order valence-electron chi connectivity index (χ0n) is 7.32. The largest absolute Gasteiger partial charge is 0.397 e. The molecule has 0 aliphatic heterocycles. The number of hydrogen-bond acceptors (Lipinski definition) is 3. The second kappa shape index (κ2) is 3.71. The van der Waals surface area contributed by atoms with Crippen LogP contribution in [0.1, 0.15) is 11.3 Å². The van der Waals surface area contributed by atoms with Gasteiger partial charge < -0.3 is 11.5 Å². The van der Waals surface area contributed by atoms with Gasteiger partial charge in [0.05, 0.1) is 11.4 Å². The molecule has 1 heterocycles. The molecule has 1 amide bonds. The van der Waals surface area contributed by atoms with E-state index in [1.165, 1.54) is 12.2 Å². The Morgan fingerprint density at radius 1 is 1.62 bits per heavy atom. The van der Waals surface area contributed by atoms with Crippen molar-refractivity contribution in [1.82, 2.24) is 4.98 Å². The van der Waals surface area contributed by atoms with Gasteiger partial charge in [0.1, 0.15) is 0 Å². The van der Waals surface area contributed by atoms with Crippen molar-refractivity contribution in [2.24, 2.45) is 5.73 Å². The number of aryl methyl sites for hydroxylation is 1. The van der Waals surface area contributed by atoms with E-state index in [0.717, 1.165) is 5.56 Å². The zero-order valence-corrected chi connectivity index (χ0v) is 7.32. The van der Waals surface area contributed by atoms with Gasteiger partial charge >= 0.3 is 0 Å². The Labute approximate surface area is 76.3 Å². The van der Waals surface area contributed by atoms with Gasteiger partial charge in [-0.2, -0.15) is 0 Å². The number of rotatable bonds is 2. The molecule has 13 heavy (non-hydrogen) atoms. The van der Waals surface area contributed by atoms with Crippen LogP contribution in [0.3, 0.4) is 0 Å². The quantitative estimate of drug-likeness (QED) is 0.644. The van der Waals surface area contributed by atoms with E-state index in [9.17, 15) is 4.79 Å². The van der Waals surface area contributed by atoms with Crippen LogP contribution in [0.5, 0.6) is 0 Å². The maximum atomic E-state index is 10.4. The standard InChI is InChI=1S/C9H11N3O/c1-6-4-7(10)8(12-5-6)2-3-9(11)13/h2-5H,10H2,1H3,(H2,11,13). The lowest BCUT2D eigenvalue weighted by molar-refractivity contribution is -0.113. The molecule has 1 aromatic rings. The minimum Gasteiger partial charge on any atom is -0.397 e. The highest BCUT2D eigenvalue weighted by atomic mass is 16.1. The molecule has 0 saturated heterocycles. The van der Waals surface area contributed by atoms with Crippen molar-refractivity contribution >= 4 is 17.7 Å². The molecule has 1 aromatic heterocycles. The van der Waals surface area contributed by atoms with E-state index in [2.05, 4.69) is 4.98 Å². The summed E-state index contributed by atoms with van der Waals surface area (Å²) in [5.41, 5.74) is 12.6. The third-order valence-corrected chi connectivity index (χ3v) is 1.49. The van der Waals surface area contributed by atoms with Gasteiger partial charge in [-0.1, -0.05) is 0 Å². The lowest BCUT2D eigenvalue weighted by Gasteiger charge is -1.99.